The van der Waals surface area contributed by atoms with E-state index in [9.17, 15) is 0 Å². The van der Waals surface area contributed by atoms with Gasteiger partial charge in [0.15, 0.2) is 0 Å². The minimum atomic E-state index is -0.526. The summed E-state index contributed by atoms with van der Waals surface area (Å²) >= 11 is 0. The highest BCUT2D eigenvalue weighted by atomic mass is 16.3. The van der Waals surface area contributed by atoms with E-state index in [-0.39, 0.29) is 0 Å². The maximum Gasteiger partial charge on any atom is 0.143 e. The lowest BCUT2D eigenvalue weighted by atomic mass is 9.67. The van der Waals surface area contributed by atoms with E-state index in [0.29, 0.717) is 0 Å². The molecule has 0 aliphatic heterocycles. The van der Waals surface area contributed by atoms with E-state index < -0.39 is 5.41 Å². The molecule has 11 aromatic rings. The largest absolute Gasteiger partial charge is 0.455 e. The number of para-hydroxylation sites is 1. The highest BCUT2D eigenvalue weighted by molar-refractivity contribution is 6.12. The second-order valence-corrected chi connectivity index (χ2v) is 16.4. The predicted octanol–water partition coefficient (Wildman–Crippen LogP) is 16.4. The molecular formula is C61H41NO. The van der Waals surface area contributed by atoms with Crippen molar-refractivity contribution in [2.45, 2.75) is 5.41 Å². The molecule has 2 heteroatoms. The van der Waals surface area contributed by atoms with Gasteiger partial charge in [-0.2, -0.15) is 0 Å². The zero-order chi connectivity index (χ0) is 41.7. The van der Waals surface area contributed by atoms with Gasteiger partial charge < -0.3 is 9.32 Å². The van der Waals surface area contributed by atoms with Crippen molar-refractivity contribution >= 4 is 39.0 Å². The van der Waals surface area contributed by atoms with Gasteiger partial charge in [-0.25, -0.2) is 0 Å². The Bertz CT molecular complexity index is 3290. The van der Waals surface area contributed by atoms with Crippen LogP contribution in [-0.2, 0) is 5.41 Å². The summed E-state index contributed by atoms with van der Waals surface area (Å²) in [5.74, 6) is 0. The van der Waals surface area contributed by atoms with Gasteiger partial charge in [-0.3, -0.25) is 0 Å². The third-order valence-electron chi connectivity index (χ3n) is 13.0. The SMILES string of the molecule is c1ccc(-c2ccc(N(c3ccc(-c4ccccc4)cc3)c3cc(-c4ccc5c(c4)C(c4ccccc4)(c4ccccc4)c4ccccc4-5)c4oc5ccccc5c4c3)cc2)cc1. The van der Waals surface area contributed by atoms with Crippen LogP contribution in [0.3, 0.4) is 0 Å². The molecule has 0 saturated carbocycles. The average Bonchev–Trinajstić information content (AvgIpc) is 3.89. The highest BCUT2D eigenvalue weighted by Crippen LogP contribution is 2.57. The third-order valence-corrected chi connectivity index (χ3v) is 13.0. The number of nitrogens with zero attached hydrogens (tertiary/aromatic N) is 1. The van der Waals surface area contributed by atoms with E-state index in [1.54, 1.807) is 0 Å². The molecule has 0 N–H and O–H groups in total. The molecule has 10 aromatic carbocycles. The van der Waals surface area contributed by atoms with Crippen molar-refractivity contribution in [2.75, 3.05) is 4.90 Å². The number of fused-ring (bicyclic) bond motifs is 6. The molecule has 0 unspecified atom stereocenters. The monoisotopic (exact) mass is 803 g/mol. The Morgan fingerprint density at radius 1 is 0.302 bits per heavy atom. The maximum absolute atomic E-state index is 6.90. The van der Waals surface area contributed by atoms with E-state index in [1.807, 2.05) is 0 Å². The van der Waals surface area contributed by atoms with Gasteiger partial charge >= 0.3 is 0 Å². The van der Waals surface area contributed by atoms with Crippen molar-refractivity contribution in [3.05, 3.63) is 271 Å². The minimum Gasteiger partial charge on any atom is -0.455 e. The smallest absolute Gasteiger partial charge is 0.143 e. The minimum absolute atomic E-state index is 0.526. The van der Waals surface area contributed by atoms with Gasteiger partial charge in [0, 0.05) is 33.4 Å². The molecule has 1 aliphatic rings. The van der Waals surface area contributed by atoms with E-state index in [4.69, 9.17) is 4.42 Å². The topological polar surface area (TPSA) is 16.4 Å². The average molecular weight is 804 g/mol. The van der Waals surface area contributed by atoms with E-state index in [0.717, 1.165) is 50.1 Å². The summed E-state index contributed by atoms with van der Waals surface area (Å²) in [5, 5.41) is 2.16. The van der Waals surface area contributed by atoms with Crippen LogP contribution in [-0.4, -0.2) is 0 Å². The van der Waals surface area contributed by atoms with E-state index in [1.165, 1.54) is 55.6 Å². The van der Waals surface area contributed by atoms with E-state index in [2.05, 4.69) is 254 Å². The van der Waals surface area contributed by atoms with Crippen LogP contribution in [0, 0.1) is 0 Å². The summed E-state index contributed by atoms with van der Waals surface area (Å²) in [4.78, 5) is 2.38. The van der Waals surface area contributed by atoms with Crippen molar-refractivity contribution in [3.8, 4) is 44.5 Å². The molecule has 296 valence electrons. The van der Waals surface area contributed by atoms with Crippen LogP contribution in [0.1, 0.15) is 22.3 Å². The van der Waals surface area contributed by atoms with Gasteiger partial charge in [-0.1, -0.05) is 200 Å². The molecule has 0 radical (unpaired) electrons. The summed E-state index contributed by atoms with van der Waals surface area (Å²) in [6.07, 6.45) is 0. The summed E-state index contributed by atoms with van der Waals surface area (Å²) in [5.41, 5.74) is 18.8. The lowest BCUT2D eigenvalue weighted by Gasteiger charge is -2.34. The molecular weight excluding hydrogens is 763 g/mol. The number of rotatable bonds is 8. The second kappa shape index (κ2) is 15.1. The number of hydrogen-bond donors (Lipinski definition) is 0. The summed E-state index contributed by atoms with van der Waals surface area (Å²) in [6, 6.07) is 90.1. The normalized spacial score (nSPS) is 12.6. The molecule has 2 nitrogen and oxygen atoms in total. The van der Waals surface area contributed by atoms with E-state index >= 15 is 0 Å². The summed E-state index contributed by atoms with van der Waals surface area (Å²) < 4.78 is 6.90. The fourth-order valence-electron chi connectivity index (χ4n) is 10.1. The van der Waals surface area contributed by atoms with Gasteiger partial charge in [0.25, 0.3) is 0 Å². The molecule has 0 spiro atoms. The first-order valence-corrected chi connectivity index (χ1v) is 21.7. The van der Waals surface area contributed by atoms with Crippen LogP contribution in [0.25, 0.3) is 66.4 Å². The zero-order valence-corrected chi connectivity index (χ0v) is 34.5. The van der Waals surface area contributed by atoms with Gasteiger partial charge in [-0.05, 0) is 110 Å². The third kappa shape index (κ3) is 6.02. The van der Waals surface area contributed by atoms with Crippen LogP contribution in [0.4, 0.5) is 17.1 Å². The van der Waals surface area contributed by atoms with Gasteiger partial charge in [0.1, 0.15) is 11.2 Å². The number of furan rings is 1. The molecule has 12 rings (SSSR count). The molecule has 0 atom stereocenters. The zero-order valence-electron chi connectivity index (χ0n) is 34.5. The van der Waals surface area contributed by atoms with Gasteiger partial charge in [0.05, 0.1) is 5.41 Å². The molecule has 0 saturated heterocycles. The summed E-state index contributed by atoms with van der Waals surface area (Å²) in [6.45, 7) is 0. The van der Waals surface area contributed by atoms with Crippen LogP contribution in [0.5, 0.6) is 0 Å². The van der Waals surface area contributed by atoms with Crippen LogP contribution in [0.2, 0.25) is 0 Å². The first kappa shape index (κ1) is 36.6. The van der Waals surface area contributed by atoms with Crippen LogP contribution < -0.4 is 4.90 Å². The molecule has 1 aliphatic carbocycles. The first-order valence-electron chi connectivity index (χ1n) is 21.7. The maximum atomic E-state index is 6.90. The Morgan fingerprint density at radius 2 is 0.778 bits per heavy atom. The second-order valence-electron chi connectivity index (χ2n) is 16.4. The Kier molecular flexibility index (Phi) is 8.76. The Labute approximate surface area is 367 Å². The predicted molar refractivity (Wildman–Crippen MR) is 262 cm³/mol. The molecule has 0 bridgehead atoms. The summed E-state index contributed by atoms with van der Waals surface area (Å²) in [7, 11) is 0. The fourth-order valence-corrected chi connectivity index (χ4v) is 10.1. The molecule has 0 amide bonds. The first-order chi connectivity index (χ1) is 31.2. The Balaban J connectivity index is 1.10. The molecule has 1 heterocycles. The molecule has 1 aromatic heterocycles. The van der Waals surface area contributed by atoms with Crippen molar-refractivity contribution < 1.29 is 4.42 Å². The number of anilines is 3. The standard InChI is InChI=1S/C61H41NO/c1-5-17-42(18-6-1)44-29-34-49(35-30-44)62(50-36-31-45(32-37-50)43-19-7-2-8-20-43)51-40-55(60-56(41-51)54-26-14-16-28-59(54)63-60)46-33-38-53-52-25-13-15-27-57(52)61(58(53)39-46,47-21-9-3-10-22-47)48-23-11-4-12-24-48/h1-41H. The Morgan fingerprint density at radius 3 is 1.38 bits per heavy atom. The van der Waals surface area contributed by atoms with Crippen molar-refractivity contribution in [3.63, 3.8) is 0 Å². The molecule has 0 fully saturated rings. The number of benzene rings is 10. The van der Waals surface area contributed by atoms with Gasteiger partial charge in [0.2, 0.25) is 0 Å². The van der Waals surface area contributed by atoms with Crippen molar-refractivity contribution in [2.24, 2.45) is 0 Å². The number of hydrogen-bond acceptors (Lipinski definition) is 2. The van der Waals surface area contributed by atoms with Crippen molar-refractivity contribution in [1.29, 1.82) is 0 Å². The molecule has 63 heavy (non-hydrogen) atoms. The fraction of sp³-hybridized carbons (Fsp3) is 0.0164. The lowest BCUT2D eigenvalue weighted by Crippen LogP contribution is -2.28. The van der Waals surface area contributed by atoms with Crippen LogP contribution >= 0.6 is 0 Å². The Hall–Kier alpha value is -8.20. The quantitative estimate of drug-likeness (QED) is 0.152. The lowest BCUT2D eigenvalue weighted by molar-refractivity contribution is 0.670. The highest BCUT2D eigenvalue weighted by Gasteiger charge is 2.46. The van der Waals surface area contributed by atoms with Gasteiger partial charge in [-0.15, -0.1) is 0 Å². The van der Waals surface area contributed by atoms with Crippen molar-refractivity contribution in [1.82, 2.24) is 0 Å². The van der Waals surface area contributed by atoms with Crippen LogP contribution in [0.15, 0.2) is 253 Å².